The van der Waals surface area contributed by atoms with Crippen LogP contribution in [0.2, 0.25) is 0 Å². The van der Waals surface area contributed by atoms with Gasteiger partial charge in [0.2, 0.25) is 0 Å². The van der Waals surface area contributed by atoms with E-state index in [4.69, 9.17) is 0 Å². The van der Waals surface area contributed by atoms with Crippen LogP contribution in [0.4, 0.5) is 5.82 Å². The maximum atomic E-state index is 12.0. The van der Waals surface area contributed by atoms with E-state index in [-0.39, 0.29) is 6.04 Å². The van der Waals surface area contributed by atoms with Crippen molar-refractivity contribution in [2.75, 3.05) is 5.32 Å². The summed E-state index contributed by atoms with van der Waals surface area (Å²) < 4.78 is 2.26. The standard InChI is InChI=1S/C23H20N2O/c26-23(18-9-3-1-4-10-18,19-11-5-2-6-12-19)21-16-25-20-13-7-8-17(20)14-15-22(25)24-21/h1-15,21,24,26H,16H2. The number of benzene rings is 2. The summed E-state index contributed by atoms with van der Waals surface area (Å²) in [6, 6.07) is 30.3. The number of fused-ring (bicyclic) bond motifs is 3. The molecular formula is C23H20N2O. The number of rotatable bonds is 3. The van der Waals surface area contributed by atoms with Gasteiger partial charge in [0.05, 0.1) is 6.04 Å². The van der Waals surface area contributed by atoms with Crippen molar-refractivity contribution in [2.45, 2.75) is 18.2 Å². The van der Waals surface area contributed by atoms with E-state index in [1.807, 2.05) is 60.7 Å². The molecule has 0 fully saturated rings. The topological polar surface area (TPSA) is 37.2 Å². The maximum absolute atomic E-state index is 12.0. The summed E-state index contributed by atoms with van der Waals surface area (Å²) >= 11 is 0. The van der Waals surface area contributed by atoms with Gasteiger partial charge in [-0.2, -0.15) is 0 Å². The van der Waals surface area contributed by atoms with E-state index in [9.17, 15) is 5.11 Å². The molecular weight excluding hydrogens is 320 g/mol. The van der Waals surface area contributed by atoms with Gasteiger partial charge in [-0.15, -0.1) is 0 Å². The van der Waals surface area contributed by atoms with Gasteiger partial charge in [-0.25, -0.2) is 0 Å². The van der Waals surface area contributed by atoms with Crippen molar-refractivity contribution >= 4 is 5.82 Å². The number of pyridine rings is 1. The van der Waals surface area contributed by atoms with Crippen molar-refractivity contribution in [2.24, 2.45) is 0 Å². The molecule has 0 spiro atoms. The third-order valence-electron chi connectivity index (χ3n) is 5.45. The minimum Gasteiger partial charge on any atom is -0.378 e. The molecule has 0 bridgehead atoms. The van der Waals surface area contributed by atoms with E-state index in [1.54, 1.807) is 0 Å². The zero-order valence-electron chi connectivity index (χ0n) is 14.3. The maximum Gasteiger partial charge on any atom is 0.136 e. The molecule has 2 aliphatic heterocycles. The minimum atomic E-state index is -1.12. The highest BCUT2D eigenvalue weighted by molar-refractivity contribution is 5.68. The normalized spacial score (nSPS) is 16.4. The van der Waals surface area contributed by atoms with Crippen molar-refractivity contribution in [1.29, 1.82) is 0 Å². The van der Waals surface area contributed by atoms with Gasteiger partial charge >= 0.3 is 0 Å². The summed E-state index contributed by atoms with van der Waals surface area (Å²) in [7, 11) is 0. The predicted octanol–water partition coefficient (Wildman–Crippen LogP) is 4.32. The zero-order chi connectivity index (χ0) is 17.6. The Kier molecular flexibility index (Phi) is 3.37. The van der Waals surface area contributed by atoms with Crippen molar-refractivity contribution < 1.29 is 5.11 Å². The molecule has 2 aromatic rings. The summed E-state index contributed by atoms with van der Waals surface area (Å²) in [5, 5.41) is 15.5. The number of aromatic nitrogens is 1. The molecule has 2 aromatic carbocycles. The Balaban J connectivity index is 1.63. The molecule has 0 aromatic heterocycles. The fourth-order valence-electron chi connectivity index (χ4n) is 4.12. The van der Waals surface area contributed by atoms with Crippen molar-refractivity contribution in [3.8, 4) is 11.3 Å². The van der Waals surface area contributed by atoms with Gasteiger partial charge in [0.25, 0.3) is 0 Å². The molecule has 26 heavy (non-hydrogen) atoms. The third kappa shape index (κ3) is 2.18. The highest BCUT2D eigenvalue weighted by Gasteiger charge is 2.43. The van der Waals surface area contributed by atoms with Crippen LogP contribution in [-0.4, -0.2) is 15.7 Å². The summed E-state index contributed by atoms with van der Waals surface area (Å²) in [4.78, 5) is 0. The Bertz CT molecular complexity index is 967. The second-order valence-corrected chi connectivity index (χ2v) is 6.89. The molecule has 0 saturated heterocycles. The lowest BCUT2D eigenvalue weighted by molar-refractivity contribution is 0.0576. The SMILES string of the molecule is OC(c1ccccc1)(c1ccccc1)C1Cn2c(ccc3cccc2-3)N1. The van der Waals surface area contributed by atoms with E-state index < -0.39 is 5.60 Å². The van der Waals surface area contributed by atoms with Crippen LogP contribution in [0.3, 0.4) is 0 Å². The lowest BCUT2D eigenvalue weighted by Crippen LogP contribution is -2.44. The van der Waals surface area contributed by atoms with Crippen molar-refractivity contribution in [3.63, 3.8) is 0 Å². The van der Waals surface area contributed by atoms with E-state index in [1.165, 1.54) is 11.3 Å². The number of hydrogen-bond donors (Lipinski definition) is 2. The molecule has 3 aliphatic rings. The van der Waals surface area contributed by atoms with Gasteiger partial charge in [0, 0.05) is 12.2 Å². The molecule has 0 amide bonds. The van der Waals surface area contributed by atoms with Gasteiger partial charge < -0.3 is 15.0 Å². The Morgan fingerprint density at radius 1 is 0.769 bits per heavy atom. The lowest BCUT2D eigenvalue weighted by Gasteiger charge is -2.35. The highest BCUT2D eigenvalue weighted by Crippen LogP contribution is 2.40. The largest absolute Gasteiger partial charge is 0.378 e. The molecule has 2 heterocycles. The fraction of sp³-hybridized carbons (Fsp3) is 0.130. The van der Waals surface area contributed by atoms with Gasteiger partial charge in [-0.05, 0) is 34.9 Å². The first kappa shape index (κ1) is 15.2. The Hall–Kier alpha value is -3.04. The van der Waals surface area contributed by atoms with Crippen molar-refractivity contribution in [3.05, 3.63) is 102 Å². The average Bonchev–Trinajstić information content (AvgIpc) is 3.35. The van der Waals surface area contributed by atoms with Crippen LogP contribution in [0.15, 0.2) is 91.0 Å². The van der Waals surface area contributed by atoms with E-state index in [0.717, 1.165) is 16.9 Å². The molecule has 2 N–H and O–H groups in total. The van der Waals surface area contributed by atoms with Crippen LogP contribution in [0.25, 0.3) is 11.3 Å². The minimum absolute atomic E-state index is 0.159. The average molecular weight is 340 g/mol. The van der Waals surface area contributed by atoms with Crippen LogP contribution in [0, 0.1) is 0 Å². The van der Waals surface area contributed by atoms with Gasteiger partial charge in [0.15, 0.2) is 0 Å². The molecule has 0 saturated carbocycles. The van der Waals surface area contributed by atoms with E-state index in [2.05, 4.69) is 40.2 Å². The first-order valence-electron chi connectivity index (χ1n) is 8.95. The van der Waals surface area contributed by atoms with E-state index >= 15 is 0 Å². The molecule has 0 radical (unpaired) electrons. The Morgan fingerprint density at radius 3 is 2.08 bits per heavy atom. The molecule has 1 aliphatic carbocycles. The summed E-state index contributed by atoms with van der Waals surface area (Å²) in [6.07, 6.45) is 0. The zero-order valence-corrected chi connectivity index (χ0v) is 14.3. The first-order valence-corrected chi connectivity index (χ1v) is 8.95. The smallest absolute Gasteiger partial charge is 0.136 e. The van der Waals surface area contributed by atoms with E-state index in [0.29, 0.717) is 6.54 Å². The number of hydrogen-bond acceptors (Lipinski definition) is 2. The first-order chi connectivity index (χ1) is 12.8. The van der Waals surface area contributed by atoms with Crippen LogP contribution in [-0.2, 0) is 12.1 Å². The van der Waals surface area contributed by atoms with Gasteiger partial charge in [-0.1, -0.05) is 72.8 Å². The summed E-state index contributed by atoms with van der Waals surface area (Å²) in [6.45, 7) is 0.705. The van der Waals surface area contributed by atoms with Crippen LogP contribution < -0.4 is 5.32 Å². The molecule has 3 nitrogen and oxygen atoms in total. The monoisotopic (exact) mass is 340 g/mol. The second kappa shape index (κ2) is 5.75. The number of anilines is 1. The van der Waals surface area contributed by atoms with Gasteiger partial charge in [0.1, 0.15) is 11.4 Å². The fourth-order valence-corrected chi connectivity index (χ4v) is 4.12. The molecule has 128 valence electrons. The van der Waals surface area contributed by atoms with Crippen LogP contribution in [0.1, 0.15) is 11.1 Å². The number of nitrogens with one attached hydrogen (secondary N) is 1. The van der Waals surface area contributed by atoms with Crippen LogP contribution >= 0.6 is 0 Å². The van der Waals surface area contributed by atoms with Crippen molar-refractivity contribution in [1.82, 2.24) is 4.57 Å². The highest BCUT2D eigenvalue weighted by atomic mass is 16.3. The predicted molar refractivity (Wildman–Crippen MR) is 104 cm³/mol. The van der Waals surface area contributed by atoms with Crippen LogP contribution in [0.5, 0.6) is 0 Å². The second-order valence-electron chi connectivity index (χ2n) is 6.89. The molecule has 1 atom stereocenters. The summed E-state index contributed by atoms with van der Waals surface area (Å²) in [5.41, 5.74) is 3.10. The number of aliphatic hydroxyl groups is 1. The number of nitrogens with zero attached hydrogens (tertiary/aromatic N) is 1. The Morgan fingerprint density at radius 2 is 1.42 bits per heavy atom. The molecule has 3 heteroatoms. The third-order valence-corrected chi connectivity index (χ3v) is 5.45. The summed E-state index contributed by atoms with van der Waals surface area (Å²) in [5.74, 6) is 1.04. The Labute approximate surface area is 152 Å². The molecule has 1 unspecified atom stereocenters. The quantitative estimate of drug-likeness (QED) is 0.583. The van der Waals surface area contributed by atoms with Gasteiger partial charge in [-0.3, -0.25) is 0 Å². The lowest BCUT2D eigenvalue weighted by atomic mass is 9.80. The molecule has 5 rings (SSSR count).